The fourth-order valence-corrected chi connectivity index (χ4v) is 2.09. The molecule has 108 valence electrons. The molecular formula is C15H26N2O2. The number of rotatable bonds is 6. The molecule has 19 heavy (non-hydrogen) atoms. The summed E-state index contributed by atoms with van der Waals surface area (Å²) >= 11 is 0. The van der Waals surface area contributed by atoms with Gasteiger partial charge in [-0.3, -0.25) is 11.3 Å². The van der Waals surface area contributed by atoms with Crippen LogP contribution < -0.4 is 20.7 Å². The fraction of sp³-hybridized carbons (Fsp3) is 0.600. The van der Waals surface area contributed by atoms with E-state index in [9.17, 15) is 0 Å². The highest BCUT2D eigenvalue weighted by Crippen LogP contribution is 2.37. The third kappa shape index (κ3) is 4.40. The normalized spacial score (nSPS) is 13.2. The van der Waals surface area contributed by atoms with E-state index in [1.807, 2.05) is 18.2 Å². The molecule has 1 unspecified atom stereocenters. The molecule has 0 spiro atoms. The number of hydrogen-bond donors (Lipinski definition) is 2. The van der Waals surface area contributed by atoms with Gasteiger partial charge in [0.2, 0.25) is 0 Å². The average molecular weight is 266 g/mol. The molecule has 0 amide bonds. The van der Waals surface area contributed by atoms with Crippen LogP contribution in [-0.4, -0.2) is 14.2 Å². The summed E-state index contributed by atoms with van der Waals surface area (Å²) in [5.74, 6) is 7.19. The number of para-hydroxylation sites is 1. The van der Waals surface area contributed by atoms with E-state index in [1.165, 1.54) is 0 Å². The maximum absolute atomic E-state index is 5.70. The molecule has 3 N–H and O–H groups in total. The summed E-state index contributed by atoms with van der Waals surface area (Å²) in [6.45, 7) is 6.68. The van der Waals surface area contributed by atoms with Gasteiger partial charge in [0, 0.05) is 11.6 Å². The van der Waals surface area contributed by atoms with Gasteiger partial charge < -0.3 is 9.47 Å². The molecule has 1 rings (SSSR count). The van der Waals surface area contributed by atoms with E-state index >= 15 is 0 Å². The maximum Gasteiger partial charge on any atom is 0.165 e. The van der Waals surface area contributed by atoms with Crippen LogP contribution in [0.25, 0.3) is 0 Å². The lowest BCUT2D eigenvalue weighted by Gasteiger charge is -2.24. The van der Waals surface area contributed by atoms with Crippen molar-refractivity contribution in [3.63, 3.8) is 0 Å². The number of ether oxygens (including phenoxy) is 2. The van der Waals surface area contributed by atoms with E-state index in [0.717, 1.165) is 29.9 Å². The molecule has 0 fully saturated rings. The van der Waals surface area contributed by atoms with Gasteiger partial charge in [0.25, 0.3) is 0 Å². The van der Waals surface area contributed by atoms with Gasteiger partial charge in [-0.2, -0.15) is 0 Å². The predicted octanol–water partition coefficient (Wildman–Crippen LogP) is 3.03. The predicted molar refractivity (Wildman–Crippen MR) is 78.3 cm³/mol. The van der Waals surface area contributed by atoms with Crippen molar-refractivity contribution in [3.8, 4) is 11.5 Å². The maximum atomic E-state index is 5.70. The monoisotopic (exact) mass is 266 g/mol. The smallest absolute Gasteiger partial charge is 0.165 e. The summed E-state index contributed by atoms with van der Waals surface area (Å²) in [6.07, 6.45) is 2.02. The molecule has 1 aromatic rings. The SMILES string of the molecule is COc1cccc(C(CCC(C)(C)C)NN)c1OC. The van der Waals surface area contributed by atoms with Crippen LogP contribution in [0.4, 0.5) is 0 Å². The van der Waals surface area contributed by atoms with Crippen molar-refractivity contribution in [2.45, 2.75) is 39.7 Å². The largest absolute Gasteiger partial charge is 0.493 e. The Balaban J connectivity index is 2.98. The average Bonchev–Trinajstić information content (AvgIpc) is 2.37. The molecular weight excluding hydrogens is 240 g/mol. The highest BCUT2D eigenvalue weighted by molar-refractivity contribution is 5.48. The van der Waals surface area contributed by atoms with E-state index in [1.54, 1.807) is 14.2 Å². The number of hydrazine groups is 1. The number of hydrogen-bond acceptors (Lipinski definition) is 4. The van der Waals surface area contributed by atoms with Crippen LogP contribution in [0.1, 0.15) is 45.2 Å². The van der Waals surface area contributed by atoms with Gasteiger partial charge in [-0.1, -0.05) is 32.9 Å². The number of nitrogens with one attached hydrogen (secondary N) is 1. The topological polar surface area (TPSA) is 56.5 Å². The molecule has 0 bridgehead atoms. The lowest BCUT2D eigenvalue weighted by molar-refractivity contribution is 0.320. The zero-order chi connectivity index (χ0) is 14.5. The Morgan fingerprint density at radius 2 is 1.89 bits per heavy atom. The van der Waals surface area contributed by atoms with E-state index in [4.69, 9.17) is 15.3 Å². The third-order valence-electron chi connectivity index (χ3n) is 3.19. The van der Waals surface area contributed by atoms with Crippen molar-refractivity contribution in [1.29, 1.82) is 0 Å². The minimum Gasteiger partial charge on any atom is -0.493 e. The number of nitrogens with two attached hydrogens (primary N) is 1. The first-order valence-electron chi connectivity index (χ1n) is 6.60. The van der Waals surface area contributed by atoms with E-state index < -0.39 is 0 Å². The first kappa shape index (κ1) is 15.8. The first-order valence-corrected chi connectivity index (χ1v) is 6.60. The van der Waals surface area contributed by atoms with Gasteiger partial charge in [0.15, 0.2) is 11.5 Å². The van der Waals surface area contributed by atoms with Crippen molar-refractivity contribution in [1.82, 2.24) is 5.43 Å². The highest BCUT2D eigenvalue weighted by Gasteiger charge is 2.20. The minimum atomic E-state index is 0.0595. The van der Waals surface area contributed by atoms with Crippen molar-refractivity contribution >= 4 is 0 Å². The molecule has 0 heterocycles. The second kappa shape index (κ2) is 6.78. The minimum absolute atomic E-state index is 0.0595. The summed E-state index contributed by atoms with van der Waals surface area (Å²) < 4.78 is 10.8. The van der Waals surface area contributed by atoms with Crippen LogP contribution in [0.15, 0.2) is 18.2 Å². The summed E-state index contributed by atoms with van der Waals surface area (Å²) in [5.41, 5.74) is 4.20. The molecule has 1 aromatic carbocycles. The summed E-state index contributed by atoms with van der Waals surface area (Å²) in [7, 11) is 3.29. The van der Waals surface area contributed by atoms with Gasteiger partial charge in [0.05, 0.1) is 14.2 Å². The molecule has 0 radical (unpaired) electrons. The van der Waals surface area contributed by atoms with E-state index in [-0.39, 0.29) is 11.5 Å². The second-order valence-electron chi connectivity index (χ2n) is 5.90. The molecule has 0 saturated heterocycles. The third-order valence-corrected chi connectivity index (χ3v) is 3.19. The number of benzene rings is 1. The van der Waals surface area contributed by atoms with Crippen molar-refractivity contribution in [3.05, 3.63) is 23.8 Å². The van der Waals surface area contributed by atoms with Gasteiger partial charge in [-0.05, 0) is 24.3 Å². The van der Waals surface area contributed by atoms with Crippen molar-refractivity contribution in [2.24, 2.45) is 11.3 Å². The van der Waals surface area contributed by atoms with Gasteiger partial charge >= 0.3 is 0 Å². The molecule has 4 heteroatoms. The molecule has 0 aliphatic carbocycles. The fourth-order valence-electron chi connectivity index (χ4n) is 2.09. The molecule has 4 nitrogen and oxygen atoms in total. The van der Waals surface area contributed by atoms with Gasteiger partial charge in [0.1, 0.15) is 0 Å². The molecule has 0 aromatic heterocycles. The molecule has 0 aliphatic rings. The Morgan fingerprint density at radius 3 is 2.37 bits per heavy atom. The zero-order valence-corrected chi connectivity index (χ0v) is 12.6. The molecule has 0 saturated carbocycles. The lowest BCUT2D eigenvalue weighted by Crippen LogP contribution is -2.29. The summed E-state index contributed by atoms with van der Waals surface area (Å²) in [4.78, 5) is 0. The van der Waals surface area contributed by atoms with Crippen LogP contribution in [0.5, 0.6) is 11.5 Å². The number of methoxy groups -OCH3 is 2. The van der Waals surface area contributed by atoms with Gasteiger partial charge in [-0.25, -0.2) is 0 Å². The van der Waals surface area contributed by atoms with E-state index in [2.05, 4.69) is 26.2 Å². The standard InChI is InChI=1S/C15H26N2O2/c1-15(2,3)10-9-12(17-16)11-7-6-8-13(18-4)14(11)19-5/h6-8,12,17H,9-10,16H2,1-5H3. The second-order valence-corrected chi connectivity index (χ2v) is 5.90. The highest BCUT2D eigenvalue weighted by atomic mass is 16.5. The Hall–Kier alpha value is -1.26. The zero-order valence-electron chi connectivity index (χ0n) is 12.6. The van der Waals surface area contributed by atoms with Crippen LogP contribution in [0.3, 0.4) is 0 Å². The summed E-state index contributed by atoms with van der Waals surface area (Å²) in [6, 6.07) is 5.93. The first-order chi connectivity index (χ1) is 8.92. The van der Waals surface area contributed by atoms with Crippen molar-refractivity contribution < 1.29 is 9.47 Å². The lowest BCUT2D eigenvalue weighted by atomic mass is 9.87. The van der Waals surface area contributed by atoms with Gasteiger partial charge in [-0.15, -0.1) is 0 Å². The van der Waals surface area contributed by atoms with E-state index in [0.29, 0.717) is 0 Å². The molecule has 1 atom stereocenters. The Bertz CT molecular complexity index is 400. The van der Waals surface area contributed by atoms with Crippen LogP contribution in [-0.2, 0) is 0 Å². The summed E-state index contributed by atoms with van der Waals surface area (Å²) in [5, 5.41) is 0. The Morgan fingerprint density at radius 1 is 1.21 bits per heavy atom. The van der Waals surface area contributed by atoms with Crippen LogP contribution >= 0.6 is 0 Å². The Kier molecular flexibility index (Phi) is 5.63. The molecule has 0 aliphatic heterocycles. The van der Waals surface area contributed by atoms with Crippen LogP contribution in [0.2, 0.25) is 0 Å². The quantitative estimate of drug-likeness (QED) is 0.614. The van der Waals surface area contributed by atoms with Crippen molar-refractivity contribution in [2.75, 3.05) is 14.2 Å². The Labute approximate surface area is 116 Å². The van der Waals surface area contributed by atoms with Crippen LogP contribution in [0, 0.1) is 5.41 Å².